The lowest BCUT2D eigenvalue weighted by Crippen LogP contribution is -2.56. The van der Waals surface area contributed by atoms with Crippen LogP contribution in [0.25, 0.3) is 32.9 Å². The molecule has 2 aromatic carbocycles. The molecule has 5 fully saturated rings. The molecule has 1 N–H and O–H groups in total. The first-order valence-electron chi connectivity index (χ1n) is 21.2. The number of nitrogens with zero attached hydrogens (tertiary/aromatic N) is 5. The number of fused-ring (bicyclic) bond motifs is 5. The van der Waals surface area contributed by atoms with Crippen molar-refractivity contribution in [2.24, 2.45) is 0 Å². The van der Waals surface area contributed by atoms with Crippen LogP contribution in [0.2, 0.25) is 0 Å². The van der Waals surface area contributed by atoms with Gasteiger partial charge in [0.25, 0.3) is 0 Å². The van der Waals surface area contributed by atoms with Crippen LogP contribution < -0.4 is 19.7 Å². The highest BCUT2D eigenvalue weighted by atomic mass is 19.1. The summed E-state index contributed by atoms with van der Waals surface area (Å²) in [7, 11) is 0. The Balaban J connectivity index is 1.13. The van der Waals surface area contributed by atoms with E-state index < -0.39 is 71.8 Å². The standard InChI is InChI=1S/C45H45F3N6O10/c1-5-30-33(47)10-7-25-13-29(63-43(58)41-40(62-24(4)57)34(60-22(2)55)15-35(64-41)61-23(3)56)14-31(36(25)30)38-37(48)39-32(17-49-38)42(53-19-27-8-9-28(20-53)50-27)52-44(51-39)59-21-45-11-6-12-54(45)18-26(46)16-45/h1,7,10,13-14,17,26-28,34-35,40-41,50H,6,8-9,11-12,15-16,18-21H2,2-4H3/t26-,27?,28?,34-,35?,40+,41+,45+/m1/s1. The molecule has 0 aliphatic carbocycles. The first-order chi connectivity index (χ1) is 30.7. The lowest BCUT2D eigenvalue weighted by Gasteiger charge is -2.38. The van der Waals surface area contributed by atoms with Crippen molar-refractivity contribution in [1.82, 2.24) is 25.2 Å². The Labute approximate surface area is 365 Å². The minimum absolute atomic E-state index is 0.0662. The largest absolute Gasteiger partial charge is 0.461 e. The van der Waals surface area contributed by atoms with Gasteiger partial charge in [-0.15, -0.1) is 6.42 Å². The van der Waals surface area contributed by atoms with E-state index in [0.717, 1.165) is 59.1 Å². The summed E-state index contributed by atoms with van der Waals surface area (Å²) in [6.45, 7) is 5.61. The highest BCUT2D eigenvalue weighted by Gasteiger charge is 2.50. The molecule has 19 heteroatoms. The fourth-order valence-electron chi connectivity index (χ4n) is 10.0. The zero-order chi connectivity index (χ0) is 45.0. The third kappa shape index (κ3) is 8.25. The predicted octanol–water partition coefficient (Wildman–Crippen LogP) is 4.45. The number of halogens is 3. The SMILES string of the molecule is C#Cc1c(F)ccc2cc(OC(=O)[C@H]3OC(OC(C)=O)C[C@@H](OC(C)=O)[C@@H]3OC(C)=O)cc(-c3ncc4c(N5CC6CCC(C5)N6)nc(OC[C@@]56CCCN5C[C@H](F)C6)nc4c3F)c12. The number of hydrogen-bond donors (Lipinski definition) is 1. The minimum atomic E-state index is -1.81. The molecule has 8 atom stereocenters. The van der Waals surface area contributed by atoms with E-state index in [1.54, 1.807) is 0 Å². The van der Waals surface area contributed by atoms with Crippen LogP contribution in [0.15, 0.2) is 30.5 Å². The van der Waals surface area contributed by atoms with Crippen LogP contribution in [0.5, 0.6) is 11.8 Å². The maximum absolute atomic E-state index is 17.6. The number of piperazine rings is 1. The molecule has 64 heavy (non-hydrogen) atoms. The number of esters is 4. The summed E-state index contributed by atoms with van der Waals surface area (Å²) in [5, 5.41) is 4.16. The van der Waals surface area contributed by atoms with Crippen LogP contribution in [-0.4, -0.2) is 125 Å². The van der Waals surface area contributed by atoms with Gasteiger partial charge in [-0.05, 0) is 55.8 Å². The third-order valence-corrected chi connectivity index (χ3v) is 12.6. The summed E-state index contributed by atoms with van der Waals surface area (Å²) in [4.78, 5) is 68.4. The number of carbonyl (C=O) groups is 4. The van der Waals surface area contributed by atoms with Gasteiger partial charge in [0, 0.05) is 76.1 Å². The summed E-state index contributed by atoms with van der Waals surface area (Å²) in [6.07, 6.45) is 3.78. The number of aromatic nitrogens is 3. The Morgan fingerprint density at radius 2 is 1.75 bits per heavy atom. The van der Waals surface area contributed by atoms with E-state index in [-0.39, 0.29) is 75.4 Å². The van der Waals surface area contributed by atoms with E-state index in [9.17, 15) is 23.6 Å². The molecule has 0 radical (unpaired) electrons. The van der Waals surface area contributed by atoms with Crippen molar-refractivity contribution in [2.45, 2.75) is 108 Å². The maximum atomic E-state index is 17.6. The van der Waals surface area contributed by atoms with E-state index >= 15 is 8.78 Å². The van der Waals surface area contributed by atoms with Crippen molar-refractivity contribution in [1.29, 1.82) is 0 Å². The quantitative estimate of drug-likeness (QED) is 0.102. The van der Waals surface area contributed by atoms with Gasteiger partial charge in [-0.25, -0.2) is 18.0 Å². The van der Waals surface area contributed by atoms with E-state index in [1.165, 1.54) is 24.4 Å². The Kier molecular flexibility index (Phi) is 11.5. The van der Waals surface area contributed by atoms with E-state index in [2.05, 4.69) is 31.0 Å². The van der Waals surface area contributed by atoms with Crippen LogP contribution in [0.3, 0.4) is 0 Å². The maximum Gasteiger partial charge on any atom is 0.344 e. The van der Waals surface area contributed by atoms with Gasteiger partial charge < -0.3 is 38.6 Å². The summed E-state index contributed by atoms with van der Waals surface area (Å²) in [5.74, 6) is -2.77. The molecule has 0 amide bonds. The minimum Gasteiger partial charge on any atom is -0.461 e. The normalized spacial score (nSPS) is 27.5. The van der Waals surface area contributed by atoms with Gasteiger partial charge in [0.1, 0.15) is 47.5 Å². The molecule has 9 rings (SSSR count). The van der Waals surface area contributed by atoms with Crippen molar-refractivity contribution in [3.05, 3.63) is 47.7 Å². The summed E-state index contributed by atoms with van der Waals surface area (Å²) in [5.41, 5.74) is -1.33. The Morgan fingerprint density at radius 3 is 2.47 bits per heavy atom. The second kappa shape index (κ2) is 17.1. The lowest BCUT2D eigenvalue weighted by molar-refractivity contribution is -0.253. The second-order valence-electron chi connectivity index (χ2n) is 17.0. The number of carbonyl (C=O) groups excluding carboxylic acids is 4. The number of nitrogens with one attached hydrogen (secondary N) is 1. The number of pyridine rings is 1. The molecule has 16 nitrogen and oxygen atoms in total. The summed E-state index contributed by atoms with van der Waals surface area (Å²) >= 11 is 0. The van der Waals surface area contributed by atoms with Gasteiger partial charge in [0.05, 0.1) is 22.9 Å². The molecule has 2 aromatic heterocycles. The second-order valence-corrected chi connectivity index (χ2v) is 17.0. The summed E-state index contributed by atoms with van der Waals surface area (Å²) in [6, 6.07) is 5.33. The predicted molar refractivity (Wildman–Crippen MR) is 221 cm³/mol. The van der Waals surface area contributed by atoms with Crippen molar-refractivity contribution in [3.63, 3.8) is 0 Å². The number of alkyl halides is 1. The van der Waals surface area contributed by atoms with Gasteiger partial charge >= 0.3 is 29.9 Å². The molecule has 5 saturated heterocycles. The molecule has 0 saturated carbocycles. The van der Waals surface area contributed by atoms with Crippen molar-refractivity contribution < 1.29 is 60.8 Å². The molecule has 5 aliphatic heterocycles. The fraction of sp³-hybridized carbons (Fsp3) is 0.489. The van der Waals surface area contributed by atoms with Crippen LogP contribution in [0, 0.1) is 24.0 Å². The smallest absolute Gasteiger partial charge is 0.344 e. The number of hydrogen-bond acceptors (Lipinski definition) is 16. The van der Waals surface area contributed by atoms with Gasteiger partial charge in [-0.1, -0.05) is 12.0 Å². The monoisotopic (exact) mass is 886 g/mol. The van der Waals surface area contributed by atoms with E-state index in [1.807, 2.05) is 0 Å². The molecular weight excluding hydrogens is 842 g/mol. The highest BCUT2D eigenvalue weighted by Crippen LogP contribution is 2.42. The average molecular weight is 887 g/mol. The van der Waals surface area contributed by atoms with Gasteiger partial charge in [0.15, 0.2) is 18.0 Å². The Bertz CT molecular complexity index is 2600. The molecule has 7 heterocycles. The van der Waals surface area contributed by atoms with Crippen molar-refractivity contribution >= 4 is 51.4 Å². The number of rotatable bonds is 10. The van der Waals surface area contributed by atoms with Crippen LogP contribution in [-0.2, 0) is 38.1 Å². The lowest BCUT2D eigenvalue weighted by atomic mass is 9.95. The molecular formula is C45H45F3N6O10. The zero-order valence-corrected chi connectivity index (χ0v) is 35.2. The van der Waals surface area contributed by atoms with Gasteiger partial charge in [-0.2, -0.15) is 9.97 Å². The van der Waals surface area contributed by atoms with Crippen LogP contribution in [0.4, 0.5) is 19.0 Å². The molecule has 3 unspecified atom stereocenters. The topological polar surface area (TPSA) is 181 Å². The number of benzene rings is 2. The third-order valence-electron chi connectivity index (χ3n) is 12.6. The molecule has 4 aromatic rings. The highest BCUT2D eigenvalue weighted by molar-refractivity contribution is 6.03. The molecule has 0 spiro atoms. The van der Waals surface area contributed by atoms with Crippen molar-refractivity contribution in [2.75, 3.05) is 37.7 Å². The number of terminal acetylenes is 1. The average Bonchev–Trinajstić information content (AvgIpc) is 3.89. The molecule has 2 bridgehead atoms. The Hall–Kier alpha value is -6.10. The first kappa shape index (κ1) is 43.2. The number of anilines is 1. The van der Waals surface area contributed by atoms with E-state index in [4.69, 9.17) is 39.8 Å². The van der Waals surface area contributed by atoms with Crippen LogP contribution in [0.1, 0.15) is 64.9 Å². The fourth-order valence-corrected chi connectivity index (χ4v) is 10.0. The van der Waals surface area contributed by atoms with E-state index in [0.29, 0.717) is 31.9 Å². The summed E-state index contributed by atoms with van der Waals surface area (Å²) < 4.78 is 81.6. The number of ether oxygens (including phenoxy) is 6. The Morgan fingerprint density at radius 1 is 1.00 bits per heavy atom. The zero-order valence-electron chi connectivity index (χ0n) is 35.2. The van der Waals surface area contributed by atoms with Crippen LogP contribution >= 0.6 is 0 Å². The first-order valence-corrected chi connectivity index (χ1v) is 21.2. The van der Waals surface area contributed by atoms with Gasteiger partial charge in [-0.3, -0.25) is 24.3 Å². The van der Waals surface area contributed by atoms with Gasteiger partial charge in [0.2, 0.25) is 6.29 Å². The molecule has 5 aliphatic rings. The van der Waals surface area contributed by atoms with Crippen molar-refractivity contribution in [3.8, 4) is 35.4 Å². The molecule has 336 valence electrons.